The van der Waals surface area contributed by atoms with E-state index in [4.69, 9.17) is 18.9 Å². The van der Waals surface area contributed by atoms with Gasteiger partial charge < -0.3 is 90.4 Å². The van der Waals surface area contributed by atoms with Gasteiger partial charge in [-0.15, -0.1) is 0 Å². The number of phenols is 11. The minimum atomic E-state index is -2.36. The Morgan fingerprint density at radius 3 is 1.67 bits per heavy atom. The van der Waals surface area contributed by atoms with Crippen molar-refractivity contribution >= 4 is 0 Å². The summed E-state index contributed by atoms with van der Waals surface area (Å²) in [5.74, 6) is -12.7. The second kappa shape index (κ2) is 13.6. The minimum absolute atomic E-state index is 0.0246. The van der Waals surface area contributed by atoms with E-state index in [1.165, 1.54) is 30.3 Å². The number of rotatable bonds is 4. The number of aliphatic hydroxyl groups is 3. The van der Waals surface area contributed by atoms with E-state index in [0.717, 1.165) is 48.5 Å². The van der Waals surface area contributed by atoms with Crippen molar-refractivity contribution in [1.29, 1.82) is 0 Å². The van der Waals surface area contributed by atoms with Gasteiger partial charge in [0.2, 0.25) is 0 Å². The molecule has 0 amide bonds. The highest BCUT2D eigenvalue weighted by Gasteiger charge is 2.61. The third-order valence-corrected chi connectivity index (χ3v) is 12.2. The minimum Gasteiger partial charge on any atom is -0.508 e. The predicted octanol–water partition coefficient (Wildman–Crippen LogP) is 4.24. The molecule has 6 aromatic rings. The molecule has 0 radical (unpaired) electrons. The molecule has 0 spiro atoms. The number of hydrogen-bond acceptors (Lipinski definition) is 18. The van der Waals surface area contributed by atoms with E-state index >= 15 is 0 Å². The van der Waals surface area contributed by atoms with Gasteiger partial charge in [-0.05, 0) is 53.6 Å². The lowest BCUT2D eigenvalue weighted by Gasteiger charge is -2.51. The first-order valence-electron chi connectivity index (χ1n) is 19.3. The molecule has 4 aliphatic rings. The molecule has 63 heavy (non-hydrogen) atoms. The van der Waals surface area contributed by atoms with E-state index in [0.29, 0.717) is 0 Å². The van der Waals surface area contributed by atoms with Crippen LogP contribution in [0.5, 0.6) is 86.2 Å². The molecule has 0 fully saturated rings. The van der Waals surface area contributed by atoms with Crippen LogP contribution in [0.25, 0.3) is 0 Å². The van der Waals surface area contributed by atoms with E-state index in [2.05, 4.69) is 0 Å². The van der Waals surface area contributed by atoms with Crippen LogP contribution in [0.1, 0.15) is 68.6 Å². The Balaban J connectivity index is 1.22. The van der Waals surface area contributed by atoms with E-state index in [-0.39, 0.29) is 68.4 Å². The van der Waals surface area contributed by atoms with E-state index in [1.54, 1.807) is 0 Å². The number of benzene rings is 6. The summed E-state index contributed by atoms with van der Waals surface area (Å²) < 4.78 is 25.3. The highest BCUT2D eigenvalue weighted by Crippen LogP contribution is 2.65. The van der Waals surface area contributed by atoms with Gasteiger partial charge in [0.25, 0.3) is 0 Å². The van der Waals surface area contributed by atoms with Crippen molar-refractivity contribution in [1.82, 2.24) is 0 Å². The SMILES string of the molecule is Oc1cc(O)c2c(c1)O[C@H](c1ccc(O)c(O)c1)[C@H](O)[C@H]2c1c(O)cc2c(c1O)[C@@H]1c3c(cc(O)c4c3O[C@H](c3ccc(O)c(O)c3)[C@@H](O)C4)O[C@](c3ccc(O)c(O)c3)(O2)C1O. The van der Waals surface area contributed by atoms with Crippen molar-refractivity contribution < 1.29 is 90.4 Å². The summed E-state index contributed by atoms with van der Waals surface area (Å²) in [6.45, 7) is 0. The Kier molecular flexibility index (Phi) is 8.49. The number of aromatic hydroxyl groups is 11. The summed E-state index contributed by atoms with van der Waals surface area (Å²) in [5.41, 5.74) is -0.683. The largest absolute Gasteiger partial charge is 0.508 e. The highest BCUT2D eigenvalue weighted by molar-refractivity contribution is 5.72. The molecule has 0 saturated heterocycles. The smallest absolute Gasteiger partial charge is 0.305 e. The molecule has 8 atom stereocenters. The standard InChI is InChI=1S/C45H36O18/c46-18-10-27(54)33-30(11-18)60-42(16-2-5-21(48)25(52)8-16)40(58)37(33)34-28(55)14-31-35(39(34)57)38-36-32(63-45(62-31,44(38)59)17-3-6-22(49)26(53)9-17)13-23(50)19-12-29(56)41(61-43(19)36)15-1-4-20(47)24(51)7-15/h1-11,13-14,29,37-38,40-42,44,46-59H,12H2/t29-,37+,38+,40+,41+,42+,44?,45-/m0/s1. The van der Waals surface area contributed by atoms with Crippen LogP contribution < -0.4 is 18.9 Å². The maximum absolute atomic E-state index is 12.7. The van der Waals surface area contributed by atoms with Crippen LogP contribution in [0.4, 0.5) is 0 Å². The molecular formula is C45H36O18. The second-order valence-electron chi connectivity index (χ2n) is 15.9. The zero-order valence-corrected chi connectivity index (χ0v) is 32.1. The van der Waals surface area contributed by atoms with Crippen molar-refractivity contribution in [3.05, 3.63) is 123 Å². The molecule has 0 aliphatic carbocycles. The zero-order chi connectivity index (χ0) is 44.5. The summed E-state index contributed by atoms with van der Waals surface area (Å²) in [7, 11) is 0. The third-order valence-electron chi connectivity index (χ3n) is 12.2. The van der Waals surface area contributed by atoms with Crippen molar-refractivity contribution in [3.63, 3.8) is 0 Å². The van der Waals surface area contributed by atoms with Crippen LogP contribution in [-0.4, -0.2) is 89.8 Å². The molecule has 2 bridgehead atoms. The molecular weight excluding hydrogens is 828 g/mol. The van der Waals surface area contributed by atoms with Gasteiger partial charge in [0, 0.05) is 64.1 Å². The lowest BCUT2D eigenvalue weighted by molar-refractivity contribution is -0.219. The first kappa shape index (κ1) is 39.3. The predicted molar refractivity (Wildman–Crippen MR) is 212 cm³/mol. The Hall–Kier alpha value is -7.80. The van der Waals surface area contributed by atoms with Crippen molar-refractivity contribution in [2.45, 2.75) is 54.6 Å². The van der Waals surface area contributed by atoms with E-state index < -0.39 is 117 Å². The monoisotopic (exact) mass is 864 g/mol. The number of aliphatic hydroxyl groups excluding tert-OH is 3. The molecule has 324 valence electrons. The van der Waals surface area contributed by atoms with Gasteiger partial charge >= 0.3 is 5.79 Å². The maximum Gasteiger partial charge on any atom is 0.305 e. The van der Waals surface area contributed by atoms with Crippen molar-refractivity contribution in [2.24, 2.45) is 0 Å². The molecule has 6 aromatic carbocycles. The first-order valence-corrected chi connectivity index (χ1v) is 19.3. The van der Waals surface area contributed by atoms with Gasteiger partial charge in [0.05, 0.1) is 17.9 Å². The van der Waals surface area contributed by atoms with Gasteiger partial charge in [0.15, 0.2) is 40.6 Å². The number of fused-ring (bicyclic) bond motifs is 9. The van der Waals surface area contributed by atoms with E-state index in [9.17, 15) is 71.5 Å². The summed E-state index contributed by atoms with van der Waals surface area (Å²) >= 11 is 0. The molecule has 18 heteroatoms. The number of ether oxygens (including phenoxy) is 4. The van der Waals surface area contributed by atoms with Crippen LogP contribution in [-0.2, 0) is 12.2 Å². The second-order valence-corrected chi connectivity index (χ2v) is 15.9. The average molecular weight is 865 g/mol. The molecule has 18 nitrogen and oxygen atoms in total. The van der Waals surface area contributed by atoms with Crippen molar-refractivity contribution in [2.75, 3.05) is 0 Å². The Morgan fingerprint density at radius 1 is 0.460 bits per heavy atom. The van der Waals surface area contributed by atoms with Crippen molar-refractivity contribution in [3.8, 4) is 86.2 Å². The first-order chi connectivity index (χ1) is 30.0. The van der Waals surface area contributed by atoms with Gasteiger partial charge in [-0.2, -0.15) is 0 Å². The normalized spacial score (nSPS) is 25.2. The van der Waals surface area contributed by atoms with Crippen LogP contribution in [0, 0.1) is 0 Å². The summed E-state index contributed by atoms with van der Waals surface area (Å²) in [4.78, 5) is 0. The fraction of sp³-hybridized carbons (Fsp3) is 0.200. The lowest BCUT2D eigenvalue weighted by Crippen LogP contribution is -2.57. The van der Waals surface area contributed by atoms with E-state index in [1.807, 2.05) is 0 Å². The van der Waals surface area contributed by atoms with Gasteiger partial charge in [-0.3, -0.25) is 0 Å². The fourth-order valence-corrected chi connectivity index (χ4v) is 9.31. The Bertz CT molecular complexity index is 2910. The van der Waals surface area contributed by atoms with Crippen LogP contribution >= 0.6 is 0 Å². The van der Waals surface area contributed by atoms with Gasteiger partial charge in [-0.1, -0.05) is 12.1 Å². The maximum atomic E-state index is 12.7. The Labute approximate surface area is 354 Å². The molecule has 0 saturated carbocycles. The Morgan fingerprint density at radius 2 is 1.03 bits per heavy atom. The fourth-order valence-electron chi connectivity index (χ4n) is 9.31. The van der Waals surface area contributed by atoms with Crippen LogP contribution in [0.3, 0.4) is 0 Å². The molecule has 10 rings (SSSR count). The summed E-state index contributed by atoms with van der Waals surface area (Å²) in [5, 5.41) is 156. The zero-order valence-electron chi connectivity index (χ0n) is 32.1. The number of phenolic OH excluding ortho intramolecular Hbond substituents is 11. The molecule has 14 N–H and O–H groups in total. The molecule has 0 aromatic heterocycles. The average Bonchev–Trinajstić information content (AvgIpc) is 3.22. The topological polar surface area (TPSA) is 320 Å². The van der Waals surface area contributed by atoms with Gasteiger partial charge in [0.1, 0.15) is 70.1 Å². The summed E-state index contributed by atoms with van der Waals surface area (Å²) in [6, 6.07) is 15.0. The third kappa shape index (κ3) is 5.68. The van der Waals surface area contributed by atoms with Gasteiger partial charge in [-0.25, -0.2) is 0 Å². The molecule has 1 unspecified atom stereocenters. The van der Waals surface area contributed by atoms with Crippen LogP contribution in [0.15, 0.2) is 78.9 Å². The molecule has 4 heterocycles. The van der Waals surface area contributed by atoms with Crippen LogP contribution in [0.2, 0.25) is 0 Å². The highest BCUT2D eigenvalue weighted by atomic mass is 16.7. The lowest BCUT2D eigenvalue weighted by atomic mass is 9.72. The summed E-state index contributed by atoms with van der Waals surface area (Å²) in [6.07, 6.45) is -8.07. The molecule has 4 aliphatic heterocycles. The number of hydrogen-bond donors (Lipinski definition) is 14. The quantitative estimate of drug-likeness (QED) is 0.110.